The average molecular weight is 344 g/mol. The van der Waals surface area contributed by atoms with E-state index in [9.17, 15) is 23.1 Å². The molecule has 0 spiro atoms. The number of allylic oxidation sites excluding steroid dienone is 1. The molecule has 2 rings (SSSR count). The van der Waals surface area contributed by atoms with Crippen LogP contribution in [0.15, 0.2) is 36.0 Å². The third-order valence-corrected chi connectivity index (χ3v) is 3.71. The van der Waals surface area contributed by atoms with Gasteiger partial charge in [-0.1, -0.05) is 19.4 Å². The molecule has 1 aromatic carbocycles. The van der Waals surface area contributed by atoms with Gasteiger partial charge in [-0.15, -0.1) is 0 Å². The van der Waals surface area contributed by atoms with Crippen molar-refractivity contribution in [1.82, 2.24) is 10.4 Å². The SMILES string of the molecule is CCCCC1=C[C@@](O)(C(F)(F)F)N(C(=O)c2cccc(OC)c2)N1. The highest BCUT2D eigenvalue weighted by Gasteiger charge is 2.61. The van der Waals surface area contributed by atoms with Crippen LogP contribution >= 0.6 is 0 Å². The molecule has 1 aliphatic heterocycles. The molecule has 1 amide bonds. The number of unbranched alkanes of at least 4 members (excludes halogenated alkanes) is 1. The zero-order valence-corrected chi connectivity index (χ0v) is 13.4. The van der Waals surface area contributed by atoms with Crippen LogP contribution in [0, 0.1) is 0 Å². The van der Waals surface area contributed by atoms with Crippen LogP contribution in [0.5, 0.6) is 5.75 Å². The van der Waals surface area contributed by atoms with Crippen LogP contribution in [0.25, 0.3) is 0 Å². The summed E-state index contributed by atoms with van der Waals surface area (Å²) in [5.74, 6) is -0.675. The first kappa shape index (κ1) is 18.1. The van der Waals surface area contributed by atoms with Crippen LogP contribution in [0.3, 0.4) is 0 Å². The number of hydrogen-bond donors (Lipinski definition) is 2. The lowest BCUT2D eigenvalue weighted by molar-refractivity contribution is -0.283. The van der Waals surface area contributed by atoms with E-state index in [2.05, 4.69) is 5.43 Å². The maximum absolute atomic E-state index is 13.4. The van der Waals surface area contributed by atoms with E-state index in [0.29, 0.717) is 24.7 Å². The first-order valence-corrected chi connectivity index (χ1v) is 7.49. The zero-order valence-electron chi connectivity index (χ0n) is 13.4. The van der Waals surface area contributed by atoms with Gasteiger partial charge in [0.15, 0.2) is 0 Å². The lowest BCUT2D eigenvalue weighted by Gasteiger charge is -2.33. The molecule has 0 radical (unpaired) electrons. The van der Waals surface area contributed by atoms with Crippen molar-refractivity contribution in [2.24, 2.45) is 0 Å². The Bertz CT molecular complexity index is 646. The number of amides is 1. The summed E-state index contributed by atoms with van der Waals surface area (Å²) < 4.78 is 45.0. The van der Waals surface area contributed by atoms with Crippen molar-refractivity contribution in [1.29, 1.82) is 0 Å². The summed E-state index contributed by atoms with van der Waals surface area (Å²) in [5, 5.41) is 10.3. The Labute approximate surface area is 137 Å². The van der Waals surface area contributed by atoms with Crippen LogP contribution in [0.4, 0.5) is 13.2 Å². The maximum atomic E-state index is 13.4. The van der Waals surface area contributed by atoms with Crippen molar-refractivity contribution in [3.63, 3.8) is 0 Å². The predicted molar refractivity (Wildman–Crippen MR) is 80.9 cm³/mol. The Hall–Kier alpha value is -2.22. The van der Waals surface area contributed by atoms with E-state index in [4.69, 9.17) is 4.74 Å². The number of nitrogens with zero attached hydrogens (tertiary/aromatic N) is 1. The van der Waals surface area contributed by atoms with E-state index < -0.39 is 17.8 Å². The van der Waals surface area contributed by atoms with Crippen molar-refractivity contribution in [2.45, 2.75) is 38.1 Å². The molecule has 0 bridgehead atoms. The highest BCUT2D eigenvalue weighted by atomic mass is 19.4. The number of methoxy groups -OCH3 is 1. The summed E-state index contributed by atoms with van der Waals surface area (Å²) in [5.41, 5.74) is -0.873. The van der Waals surface area contributed by atoms with E-state index >= 15 is 0 Å². The molecule has 24 heavy (non-hydrogen) atoms. The Morgan fingerprint density at radius 3 is 2.71 bits per heavy atom. The number of hydrazine groups is 1. The van der Waals surface area contributed by atoms with Crippen LogP contribution < -0.4 is 10.2 Å². The third kappa shape index (κ3) is 3.33. The number of halogens is 3. The van der Waals surface area contributed by atoms with E-state index in [1.165, 1.54) is 25.3 Å². The van der Waals surface area contributed by atoms with Crippen LogP contribution in [0.1, 0.15) is 36.5 Å². The molecular weight excluding hydrogens is 325 g/mol. The normalized spacial score (nSPS) is 20.6. The largest absolute Gasteiger partial charge is 0.497 e. The molecule has 0 unspecified atom stereocenters. The van der Waals surface area contributed by atoms with Gasteiger partial charge in [-0.3, -0.25) is 10.2 Å². The smallest absolute Gasteiger partial charge is 0.442 e. The second-order valence-electron chi connectivity index (χ2n) is 5.48. The molecule has 2 N–H and O–H groups in total. The number of benzene rings is 1. The summed E-state index contributed by atoms with van der Waals surface area (Å²) in [6, 6.07) is 5.72. The van der Waals surface area contributed by atoms with Gasteiger partial charge in [0, 0.05) is 11.3 Å². The minimum Gasteiger partial charge on any atom is -0.497 e. The van der Waals surface area contributed by atoms with Gasteiger partial charge in [0.05, 0.1) is 7.11 Å². The van der Waals surface area contributed by atoms with E-state index in [-0.39, 0.29) is 16.3 Å². The van der Waals surface area contributed by atoms with Gasteiger partial charge < -0.3 is 9.84 Å². The maximum Gasteiger partial charge on any atom is 0.442 e. The summed E-state index contributed by atoms with van der Waals surface area (Å²) in [7, 11) is 1.38. The van der Waals surface area contributed by atoms with Gasteiger partial charge in [0.2, 0.25) is 0 Å². The second-order valence-corrected chi connectivity index (χ2v) is 5.48. The molecule has 0 aliphatic carbocycles. The standard InChI is InChI=1S/C16H19F3N2O3/c1-3-4-7-12-10-15(23,16(17,18)19)21(20-12)14(22)11-6-5-8-13(9-11)24-2/h5-6,8-10,20,23H,3-4,7H2,1-2H3/t15-/m1/s1. The Kier molecular flexibility index (Phi) is 5.08. The van der Waals surface area contributed by atoms with E-state index in [1.54, 1.807) is 6.07 Å². The zero-order chi connectivity index (χ0) is 18.0. The van der Waals surface area contributed by atoms with E-state index in [0.717, 1.165) is 6.42 Å². The number of alkyl halides is 3. The number of ether oxygens (including phenoxy) is 1. The van der Waals surface area contributed by atoms with Gasteiger partial charge in [0.25, 0.3) is 11.6 Å². The van der Waals surface area contributed by atoms with Gasteiger partial charge in [0.1, 0.15) is 5.75 Å². The molecule has 0 aromatic heterocycles. The molecule has 5 nitrogen and oxygen atoms in total. The highest BCUT2D eigenvalue weighted by molar-refractivity contribution is 5.95. The van der Waals surface area contributed by atoms with Crippen molar-refractivity contribution in [3.8, 4) is 5.75 Å². The van der Waals surface area contributed by atoms with Gasteiger partial charge >= 0.3 is 6.18 Å². The molecule has 1 aliphatic rings. The second kappa shape index (κ2) is 6.72. The fourth-order valence-corrected chi connectivity index (χ4v) is 2.36. The Morgan fingerprint density at radius 2 is 2.12 bits per heavy atom. The number of nitrogens with one attached hydrogen (secondary N) is 1. The molecule has 132 valence electrons. The van der Waals surface area contributed by atoms with Crippen molar-refractivity contribution in [3.05, 3.63) is 41.6 Å². The number of carbonyl (C=O) groups excluding carboxylic acids is 1. The minimum atomic E-state index is -5.04. The van der Waals surface area contributed by atoms with Crippen LogP contribution in [0.2, 0.25) is 0 Å². The van der Waals surface area contributed by atoms with Crippen molar-refractivity contribution < 1.29 is 27.8 Å². The topological polar surface area (TPSA) is 61.8 Å². The lowest BCUT2D eigenvalue weighted by atomic mass is 10.1. The summed E-state index contributed by atoms with van der Waals surface area (Å²) in [4.78, 5) is 12.5. The number of aliphatic hydroxyl groups is 1. The lowest BCUT2D eigenvalue weighted by Crippen LogP contribution is -2.60. The first-order valence-electron chi connectivity index (χ1n) is 7.49. The molecule has 0 saturated heterocycles. The van der Waals surface area contributed by atoms with Gasteiger partial charge in [-0.05, 0) is 37.1 Å². The van der Waals surface area contributed by atoms with Gasteiger partial charge in [-0.2, -0.15) is 13.2 Å². The average Bonchev–Trinajstić information content (AvgIpc) is 2.90. The van der Waals surface area contributed by atoms with Gasteiger partial charge in [-0.25, -0.2) is 5.01 Å². The number of hydrogen-bond acceptors (Lipinski definition) is 4. The molecule has 0 fully saturated rings. The van der Waals surface area contributed by atoms with Crippen molar-refractivity contribution in [2.75, 3.05) is 7.11 Å². The quantitative estimate of drug-likeness (QED) is 0.862. The minimum absolute atomic E-state index is 0.0327. The number of rotatable bonds is 5. The molecule has 1 aromatic rings. The fraction of sp³-hybridized carbons (Fsp3) is 0.438. The summed E-state index contributed by atoms with van der Waals surface area (Å²) >= 11 is 0. The molecule has 1 atom stereocenters. The summed E-state index contributed by atoms with van der Waals surface area (Å²) in [6.45, 7) is 1.89. The third-order valence-electron chi connectivity index (χ3n) is 3.71. The van der Waals surface area contributed by atoms with Crippen LogP contribution in [-0.2, 0) is 0 Å². The molecule has 0 saturated carbocycles. The van der Waals surface area contributed by atoms with Crippen LogP contribution in [-0.4, -0.2) is 35.0 Å². The summed E-state index contributed by atoms with van der Waals surface area (Å²) in [6.07, 6.45) is -2.68. The first-order chi connectivity index (χ1) is 11.2. The predicted octanol–water partition coefficient (Wildman–Crippen LogP) is 2.98. The Balaban J connectivity index is 2.35. The highest BCUT2D eigenvalue weighted by Crippen LogP contribution is 2.39. The van der Waals surface area contributed by atoms with E-state index in [1.807, 2.05) is 6.92 Å². The fourth-order valence-electron chi connectivity index (χ4n) is 2.36. The monoisotopic (exact) mass is 344 g/mol. The Morgan fingerprint density at radius 1 is 1.42 bits per heavy atom. The number of carbonyl (C=O) groups is 1. The molecule has 1 heterocycles. The van der Waals surface area contributed by atoms with Crippen molar-refractivity contribution >= 4 is 5.91 Å². The molecule has 8 heteroatoms. The molecular formula is C16H19F3N2O3.